The number of nitrogen functional groups attached to an aromatic ring is 1. The number of carbonyl (C=O) groups is 1. The number of hydrogen-bond acceptors (Lipinski definition) is 3. The molecule has 0 saturated carbocycles. The molecule has 2 rings (SSSR count). The predicted molar refractivity (Wildman–Crippen MR) is 87.8 cm³/mol. The van der Waals surface area contributed by atoms with E-state index in [0.29, 0.717) is 5.56 Å². The van der Waals surface area contributed by atoms with Crippen molar-refractivity contribution in [2.24, 2.45) is 5.73 Å². The summed E-state index contributed by atoms with van der Waals surface area (Å²) in [6.07, 6.45) is 0. The van der Waals surface area contributed by atoms with Gasteiger partial charge in [-0.25, -0.2) is 0 Å². The Hall–Kier alpha value is -1.46. The molecule has 0 aliphatic rings. The molecule has 0 spiro atoms. The number of halogens is 1. The average Bonchev–Trinajstić information content (AvgIpc) is 2.38. The lowest BCUT2D eigenvalue weighted by atomic mass is 10.1. The monoisotopic (exact) mass is 350 g/mol. The van der Waals surface area contributed by atoms with Gasteiger partial charge in [0.15, 0.2) is 0 Å². The normalized spacial score (nSPS) is 10.5. The highest BCUT2D eigenvalue weighted by Crippen LogP contribution is 2.32. The molecule has 4 N–H and O–H groups in total. The molecule has 0 bridgehead atoms. The Morgan fingerprint density at radius 3 is 2.60 bits per heavy atom. The largest absolute Gasteiger partial charge is 0.399 e. The van der Waals surface area contributed by atoms with Crippen molar-refractivity contribution in [3.63, 3.8) is 0 Å². The third kappa shape index (κ3) is 3.55. The summed E-state index contributed by atoms with van der Waals surface area (Å²) < 4.78 is 0.994. The molecule has 0 aliphatic carbocycles. The van der Waals surface area contributed by atoms with Crippen LogP contribution in [0.3, 0.4) is 0 Å². The van der Waals surface area contributed by atoms with Crippen LogP contribution in [0.2, 0.25) is 0 Å². The van der Waals surface area contributed by atoms with Gasteiger partial charge in [-0.3, -0.25) is 4.79 Å². The average molecular weight is 351 g/mol. The number of amides is 1. The molecule has 0 saturated heterocycles. The summed E-state index contributed by atoms with van der Waals surface area (Å²) >= 11 is 5.23. The zero-order chi connectivity index (χ0) is 14.7. The number of benzene rings is 2. The van der Waals surface area contributed by atoms with Crippen molar-refractivity contribution in [3.8, 4) is 0 Å². The molecule has 0 radical (unpaired) electrons. The van der Waals surface area contributed by atoms with Crippen LogP contribution in [-0.2, 0) is 5.75 Å². The summed E-state index contributed by atoms with van der Waals surface area (Å²) in [5, 5.41) is 0. The number of hydrogen-bond donors (Lipinski definition) is 2. The lowest BCUT2D eigenvalue weighted by molar-refractivity contribution is 0.1000. The van der Waals surface area contributed by atoms with Crippen LogP contribution in [0.15, 0.2) is 45.8 Å². The molecule has 0 aliphatic heterocycles. The van der Waals surface area contributed by atoms with E-state index >= 15 is 0 Å². The van der Waals surface area contributed by atoms with Crippen LogP contribution in [0.4, 0.5) is 5.69 Å². The zero-order valence-corrected chi connectivity index (χ0v) is 13.4. The summed E-state index contributed by atoms with van der Waals surface area (Å²) in [7, 11) is 0. The first-order valence-corrected chi connectivity index (χ1v) is 7.82. The molecule has 2 aromatic rings. The van der Waals surface area contributed by atoms with E-state index in [4.69, 9.17) is 11.5 Å². The molecule has 0 unspecified atom stereocenters. The Kier molecular flexibility index (Phi) is 4.73. The van der Waals surface area contributed by atoms with Gasteiger partial charge < -0.3 is 11.5 Å². The summed E-state index contributed by atoms with van der Waals surface area (Å²) in [6.45, 7) is 1.99. The second kappa shape index (κ2) is 6.33. The van der Waals surface area contributed by atoms with Crippen molar-refractivity contribution >= 4 is 39.3 Å². The topological polar surface area (TPSA) is 69.1 Å². The number of aryl methyl sites for hydroxylation is 1. The van der Waals surface area contributed by atoms with Gasteiger partial charge in [-0.15, -0.1) is 11.8 Å². The van der Waals surface area contributed by atoms with Crippen LogP contribution in [0, 0.1) is 6.92 Å². The summed E-state index contributed by atoms with van der Waals surface area (Å²) in [6, 6.07) is 11.3. The quantitative estimate of drug-likeness (QED) is 0.651. The van der Waals surface area contributed by atoms with Crippen LogP contribution in [0.5, 0.6) is 0 Å². The van der Waals surface area contributed by atoms with Crippen molar-refractivity contribution in [3.05, 3.63) is 57.6 Å². The van der Waals surface area contributed by atoms with Gasteiger partial charge in [0.1, 0.15) is 0 Å². The van der Waals surface area contributed by atoms with E-state index in [1.54, 1.807) is 17.8 Å². The molecule has 20 heavy (non-hydrogen) atoms. The molecule has 1 amide bonds. The number of thioether (sulfide) groups is 1. The van der Waals surface area contributed by atoms with Crippen LogP contribution in [0.25, 0.3) is 0 Å². The van der Waals surface area contributed by atoms with Gasteiger partial charge in [0, 0.05) is 26.4 Å². The van der Waals surface area contributed by atoms with Gasteiger partial charge in [-0.2, -0.15) is 0 Å². The molecule has 2 aromatic carbocycles. The molecular weight excluding hydrogens is 336 g/mol. The first-order valence-electron chi connectivity index (χ1n) is 6.04. The van der Waals surface area contributed by atoms with Crippen molar-refractivity contribution in [1.82, 2.24) is 0 Å². The van der Waals surface area contributed by atoms with Crippen molar-refractivity contribution in [2.45, 2.75) is 17.6 Å². The van der Waals surface area contributed by atoms with Crippen LogP contribution in [-0.4, -0.2) is 5.91 Å². The van der Waals surface area contributed by atoms with Gasteiger partial charge in [-0.1, -0.05) is 6.07 Å². The molecule has 3 nitrogen and oxygen atoms in total. The maximum atomic E-state index is 11.1. The van der Waals surface area contributed by atoms with Gasteiger partial charge >= 0.3 is 0 Å². The first kappa shape index (κ1) is 14.9. The minimum absolute atomic E-state index is 0.395. The molecule has 0 aromatic heterocycles. The molecule has 0 heterocycles. The van der Waals surface area contributed by atoms with Crippen molar-refractivity contribution in [2.75, 3.05) is 5.73 Å². The highest BCUT2D eigenvalue weighted by atomic mass is 79.9. The second-order valence-electron chi connectivity index (χ2n) is 4.48. The van der Waals surface area contributed by atoms with Gasteiger partial charge in [-0.05, 0) is 64.3 Å². The highest BCUT2D eigenvalue weighted by molar-refractivity contribution is 9.10. The molecule has 0 fully saturated rings. The predicted octanol–water partition coefficient (Wildman–Crippen LogP) is 3.73. The Labute approximate surface area is 130 Å². The van der Waals surface area contributed by atoms with E-state index < -0.39 is 5.91 Å². The van der Waals surface area contributed by atoms with Gasteiger partial charge in [0.25, 0.3) is 0 Å². The van der Waals surface area contributed by atoms with Crippen LogP contribution < -0.4 is 11.5 Å². The minimum Gasteiger partial charge on any atom is -0.399 e. The number of primary amides is 1. The fourth-order valence-corrected chi connectivity index (χ4v) is 3.54. The Morgan fingerprint density at radius 2 is 2.00 bits per heavy atom. The van der Waals surface area contributed by atoms with Crippen LogP contribution >= 0.6 is 27.7 Å². The Bertz CT molecular complexity index is 658. The molecule has 104 valence electrons. The van der Waals surface area contributed by atoms with E-state index in [-0.39, 0.29) is 0 Å². The zero-order valence-electron chi connectivity index (χ0n) is 11.0. The van der Waals surface area contributed by atoms with Crippen LogP contribution in [0.1, 0.15) is 21.5 Å². The molecule has 0 atom stereocenters. The fourth-order valence-electron chi connectivity index (χ4n) is 1.80. The SMILES string of the molecule is Cc1cc(C(N)=O)ccc1CSc1ccc(N)cc1Br. The number of anilines is 1. The van der Waals surface area contributed by atoms with E-state index in [1.807, 2.05) is 37.3 Å². The lowest BCUT2D eigenvalue weighted by Crippen LogP contribution is -2.11. The summed E-state index contributed by atoms with van der Waals surface area (Å²) in [4.78, 5) is 12.3. The van der Waals surface area contributed by atoms with Crippen molar-refractivity contribution < 1.29 is 4.79 Å². The minimum atomic E-state index is -0.395. The van der Waals surface area contributed by atoms with E-state index in [1.165, 1.54) is 5.56 Å². The maximum absolute atomic E-state index is 11.1. The van der Waals surface area contributed by atoms with Gasteiger partial charge in [0.05, 0.1) is 0 Å². The summed E-state index contributed by atoms with van der Waals surface area (Å²) in [5.41, 5.74) is 14.5. The number of carbonyl (C=O) groups excluding carboxylic acids is 1. The molecule has 5 heteroatoms. The number of nitrogens with two attached hydrogens (primary N) is 2. The van der Waals surface area contributed by atoms with Crippen molar-refractivity contribution in [1.29, 1.82) is 0 Å². The lowest BCUT2D eigenvalue weighted by Gasteiger charge is -2.09. The summed E-state index contributed by atoms with van der Waals surface area (Å²) in [5.74, 6) is 0.432. The second-order valence-corrected chi connectivity index (χ2v) is 6.36. The molecular formula is C15H15BrN2OS. The first-order chi connectivity index (χ1) is 9.47. The fraction of sp³-hybridized carbons (Fsp3) is 0.133. The maximum Gasteiger partial charge on any atom is 0.248 e. The van der Waals surface area contributed by atoms with E-state index in [2.05, 4.69) is 15.9 Å². The third-order valence-electron chi connectivity index (χ3n) is 2.97. The Morgan fingerprint density at radius 1 is 1.25 bits per heavy atom. The van der Waals surface area contributed by atoms with Gasteiger partial charge in [0.2, 0.25) is 5.91 Å². The smallest absolute Gasteiger partial charge is 0.248 e. The van der Waals surface area contributed by atoms with E-state index in [9.17, 15) is 4.79 Å². The number of rotatable bonds is 4. The Balaban J connectivity index is 2.13. The van der Waals surface area contributed by atoms with E-state index in [0.717, 1.165) is 26.4 Å². The third-order valence-corrected chi connectivity index (χ3v) is 5.01. The highest BCUT2D eigenvalue weighted by Gasteiger charge is 2.06. The standard InChI is InChI=1S/C15H15BrN2OS/c1-9-6-10(15(18)19)2-3-11(9)8-20-14-5-4-12(17)7-13(14)16/h2-7H,8,17H2,1H3,(H2,18,19).